The molecule has 2 atom stereocenters. The maximum absolute atomic E-state index is 4.42. The smallest absolute Gasteiger partial charge is 0.204 e. The minimum absolute atomic E-state index is 0.697. The van der Waals surface area contributed by atoms with E-state index in [2.05, 4.69) is 28.8 Å². The van der Waals surface area contributed by atoms with E-state index in [0.29, 0.717) is 6.04 Å². The van der Waals surface area contributed by atoms with Gasteiger partial charge in [-0.1, -0.05) is 6.92 Å². The average molecular weight is 236 g/mol. The van der Waals surface area contributed by atoms with E-state index >= 15 is 0 Å². The maximum Gasteiger partial charge on any atom is 0.204 e. The van der Waals surface area contributed by atoms with Crippen molar-refractivity contribution < 1.29 is 0 Å². The van der Waals surface area contributed by atoms with E-state index in [1.54, 1.807) is 0 Å². The molecule has 1 saturated carbocycles. The predicted octanol–water partition coefficient (Wildman–Crippen LogP) is 1.76. The summed E-state index contributed by atoms with van der Waals surface area (Å²) in [5.41, 5.74) is 1.26. The van der Waals surface area contributed by atoms with Gasteiger partial charge in [-0.05, 0) is 25.2 Å². The molecular formula is C13H24N4. The van der Waals surface area contributed by atoms with Crippen molar-refractivity contribution in [3.63, 3.8) is 0 Å². The van der Waals surface area contributed by atoms with Crippen molar-refractivity contribution >= 4 is 5.95 Å². The third-order valence-corrected chi connectivity index (χ3v) is 3.73. The van der Waals surface area contributed by atoms with Gasteiger partial charge in [0.15, 0.2) is 0 Å². The van der Waals surface area contributed by atoms with Crippen molar-refractivity contribution in [2.24, 2.45) is 13.0 Å². The van der Waals surface area contributed by atoms with Crippen LogP contribution in [0.5, 0.6) is 0 Å². The fourth-order valence-corrected chi connectivity index (χ4v) is 2.66. The number of hydrogen-bond acceptors (Lipinski definition) is 3. The van der Waals surface area contributed by atoms with Crippen LogP contribution in [0.1, 0.15) is 31.9 Å². The van der Waals surface area contributed by atoms with Gasteiger partial charge in [-0.25, -0.2) is 4.98 Å². The van der Waals surface area contributed by atoms with Crippen molar-refractivity contribution in [1.29, 1.82) is 0 Å². The Kier molecular flexibility index (Phi) is 3.72. The monoisotopic (exact) mass is 236 g/mol. The van der Waals surface area contributed by atoms with Gasteiger partial charge in [-0.3, -0.25) is 0 Å². The molecule has 96 valence electrons. The van der Waals surface area contributed by atoms with Crippen LogP contribution in [0.2, 0.25) is 0 Å². The number of hydrogen-bond donors (Lipinski definition) is 1. The summed E-state index contributed by atoms with van der Waals surface area (Å²) in [6, 6.07) is 0.697. The summed E-state index contributed by atoms with van der Waals surface area (Å²) in [7, 11) is 6.13. The second kappa shape index (κ2) is 5.08. The Bertz CT molecular complexity index is 369. The highest BCUT2D eigenvalue weighted by atomic mass is 15.3. The lowest BCUT2D eigenvalue weighted by Crippen LogP contribution is -2.27. The fraction of sp³-hybridized carbons (Fsp3) is 0.769. The number of anilines is 1. The van der Waals surface area contributed by atoms with Gasteiger partial charge < -0.3 is 14.8 Å². The molecule has 0 bridgehead atoms. The highest BCUT2D eigenvalue weighted by Gasteiger charge is 2.21. The first-order valence-corrected chi connectivity index (χ1v) is 6.49. The summed E-state index contributed by atoms with van der Waals surface area (Å²) < 4.78 is 2.16. The van der Waals surface area contributed by atoms with Gasteiger partial charge >= 0.3 is 0 Å². The van der Waals surface area contributed by atoms with Gasteiger partial charge in [-0.2, -0.15) is 0 Å². The van der Waals surface area contributed by atoms with Crippen molar-refractivity contribution in [1.82, 2.24) is 14.9 Å². The van der Waals surface area contributed by atoms with Gasteiger partial charge in [0.1, 0.15) is 0 Å². The lowest BCUT2D eigenvalue weighted by atomic mass is 10.1. The maximum atomic E-state index is 4.42. The zero-order valence-electron chi connectivity index (χ0n) is 11.4. The van der Waals surface area contributed by atoms with Crippen LogP contribution in [-0.2, 0) is 13.6 Å². The van der Waals surface area contributed by atoms with Crippen LogP contribution >= 0.6 is 0 Å². The minimum Gasteiger partial charge on any atom is -0.348 e. The van der Waals surface area contributed by atoms with E-state index in [4.69, 9.17) is 0 Å². The van der Waals surface area contributed by atoms with Gasteiger partial charge in [0.05, 0.1) is 11.9 Å². The Hall–Kier alpha value is -1.03. The first-order chi connectivity index (χ1) is 8.08. The largest absolute Gasteiger partial charge is 0.348 e. The zero-order chi connectivity index (χ0) is 12.4. The van der Waals surface area contributed by atoms with E-state index in [9.17, 15) is 0 Å². The van der Waals surface area contributed by atoms with Crippen LogP contribution in [0.3, 0.4) is 0 Å². The Labute approximate surface area is 104 Å². The van der Waals surface area contributed by atoms with E-state index in [1.807, 2.05) is 25.2 Å². The number of aromatic nitrogens is 2. The Balaban J connectivity index is 1.91. The van der Waals surface area contributed by atoms with E-state index < -0.39 is 0 Å². The van der Waals surface area contributed by atoms with Crippen molar-refractivity contribution in [2.75, 3.05) is 19.0 Å². The van der Waals surface area contributed by atoms with Gasteiger partial charge in [0.2, 0.25) is 5.95 Å². The molecule has 0 amide bonds. The molecule has 0 aliphatic heterocycles. The average Bonchev–Trinajstić information content (AvgIpc) is 2.82. The first kappa shape index (κ1) is 12.4. The van der Waals surface area contributed by atoms with Crippen molar-refractivity contribution in [2.45, 2.75) is 38.8 Å². The Morgan fingerprint density at radius 1 is 1.47 bits per heavy atom. The molecule has 1 heterocycles. The first-order valence-electron chi connectivity index (χ1n) is 6.49. The number of rotatable bonds is 4. The molecule has 2 rings (SSSR count). The zero-order valence-corrected chi connectivity index (χ0v) is 11.4. The minimum atomic E-state index is 0.697. The molecule has 4 heteroatoms. The summed E-state index contributed by atoms with van der Waals surface area (Å²) in [6.07, 6.45) is 5.98. The van der Waals surface area contributed by atoms with E-state index in [0.717, 1.165) is 18.4 Å². The quantitative estimate of drug-likeness (QED) is 0.865. The molecule has 1 N–H and O–H groups in total. The topological polar surface area (TPSA) is 33.1 Å². The third kappa shape index (κ3) is 2.80. The van der Waals surface area contributed by atoms with Gasteiger partial charge in [0, 0.05) is 33.7 Å². The summed E-state index contributed by atoms with van der Waals surface area (Å²) in [4.78, 5) is 6.47. The third-order valence-electron chi connectivity index (χ3n) is 3.73. The highest BCUT2D eigenvalue weighted by Crippen LogP contribution is 2.24. The van der Waals surface area contributed by atoms with E-state index in [1.165, 1.54) is 25.0 Å². The van der Waals surface area contributed by atoms with Gasteiger partial charge in [0.25, 0.3) is 0 Å². The van der Waals surface area contributed by atoms with Crippen LogP contribution in [0.25, 0.3) is 0 Å². The van der Waals surface area contributed by atoms with Crippen LogP contribution in [0.4, 0.5) is 5.95 Å². The normalized spacial score (nSPS) is 24.2. The van der Waals surface area contributed by atoms with Crippen LogP contribution < -0.4 is 10.2 Å². The lowest BCUT2D eigenvalue weighted by Gasteiger charge is -2.15. The lowest BCUT2D eigenvalue weighted by molar-refractivity contribution is 0.494. The summed E-state index contributed by atoms with van der Waals surface area (Å²) >= 11 is 0. The highest BCUT2D eigenvalue weighted by molar-refractivity contribution is 5.30. The molecule has 17 heavy (non-hydrogen) atoms. The number of imidazole rings is 1. The standard InChI is InChI=1S/C13H24N4/c1-10-5-6-11(7-10)14-8-12-9-15-13(16(2)3)17(12)4/h9-11,14H,5-8H2,1-4H3. The molecule has 1 aliphatic carbocycles. The van der Waals surface area contributed by atoms with Crippen LogP contribution in [0.15, 0.2) is 6.20 Å². The molecule has 0 radical (unpaired) electrons. The van der Waals surface area contributed by atoms with Crippen LogP contribution in [0, 0.1) is 5.92 Å². The molecule has 1 aromatic rings. The van der Waals surface area contributed by atoms with E-state index in [-0.39, 0.29) is 0 Å². The SMILES string of the molecule is CC1CCC(NCc2cnc(N(C)C)n2C)C1. The summed E-state index contributed by atoms with van der Waals surface area (Å²) in [5, 5.41) is 3.64. The molecule has 4 nitrogen and oxygen atoms in total. The van der Waals surface area contributed by atoms with Crippen molar-refractivity contribution in [3.8, 4) is 0 Å². The molecule has 1 aromatic heterocycles. The summed E-state index contributed by atoms with van der Waals surface area (Å²) in [5.74, 6) is 1.90. The molecule has 2 unspecified atom stereocenters. The van der Waals surface area contributed by atoms with Crippen molar-refractivity contribution in [3.05, 3.63) is 11.9 Å². The predicted molar refractivity (Wildman–Crippen MR) is 71.2 cm³/mol. The second-order valence-electron chi connectivity index (χ2n) is 5.50. The molecule has 0 spiro atoms. The molecule has 0 aromatic carbocycles. The number of nitrogens with zero attached hydrogens (tertiary/aromatic N) is 3. The number of nitrogens with one attached hydrogen (secondary N) is 1. The second-order valence-corrected chi connectivity index (χ2v) is 5.50. The summed E-state index contributed by atoms with van der Waals surface area (Å²) in [6.45, 7) is 3.27. The molecule has 0 saturated heterocycles. The van der Waals surface area contributed by atoms with Gasteiger partial charge in [-0.15, -0.1) is 0 Å². The fourth-order valence-electron chi connectivity index (χ4n) is 2.66. The molecule has 1 aliphatic rings. The Morgan fingerprint density at radius 2 is 2.24 bits per heavy atom. The van der Waals surface area contributed by atoms with Crippen LogP contribution in [-0.4, -0.2) is 29.7 Å². The Morgan fingerprint density at radius 3 is 2.76 bits per heavy atom. The molecule has 1 fully saturated rings. The molecular weight excluding hydrogens is 212 g/mol.